The highest BCUT2D eigenvalue weighted by molar-refractivity contribution is 5.73. The third kappa shape index (κ3) is 1.76. The Kier molecular flexibility index (Phi) is 2.86. The lowest BCUT2D eigenvalue weighted by Crippen LogP contribution is -2.54. The molecule has 5 heteroatoms. The minimum Gasteiger partial charge on any atom is -0.481 e. The van der Waals surface area contributed by atoms with E-state index in [1.54, 1.807) is 0 Å². The first-order valence-corrected chi connectivity index (χ1v) is 6.38. The minimum absolute atomic E-state index is 0.221. The fraction of sp³-hybridized carbons (Fsp3) is 0.500. The van der Waals surface area contributed by atoms with Crippen LogP contribution in [0.15, 0.2) is 18.2 Å². The van der Waals surface area contributed by atoms with Crippen molar-refractivity contribution < 1.29 is 24.1 Å². The van der Waals surface area contributed by atoms with E-state index in [-0.39, 0.29) is 6.79 Å². The van der Waals surface area contributed by atoms with Crippen LogP contribution in [0.1, 0.15) is 18.9 Å². The highest BCUT2D eigenvalue weighted by Crippen LogP contribution is 2.44. The van der Waals surface area contributed by atoms with Gasteiger partial charge in [-0.15, -0.1) is 0 Å². The Morgan fingerprint density at radius 3 is 2.68 bits per heavy atom. The number of ether oxygens (including phenoxy) is 3. The van der Waals surface area contributed by atoms with Crippen LogP contribution in [0.25, 0.3) is 0 Å². The summed E-state index contributed by atoms with van der Waals surface area (Å²) in [7, 11) is 0. The SMILES string of the molecule is CCC(C(=O)O)C1(c2ccc3c(c2)OCO3)COC1. The summed E-state index contributed by atoms with van der Waals surface area (Å²) >= 11 is 0. The predicted octanol–water partition coefficient (Wildman–Crippen LogP) is 1.79. The number of fused-ring (bicyclic) bond motifs is 1. The summed E-state index contributed by atoms with van der Waals surface area (Å²) in [5.74, 6) is 0.177. The Balaban J connectivity index is 2.00. The molecule has 1 aromatic carbocycles. The third-order valence-corrected chi connectivity index (χ3v) is 4.04. The Labute approximate surface area is 111 Å². The van der Waals surface area contributed by atoms with Crippen LogP contribution in [0.3, 0.4) is 0 Å². The van der Waals surface area contributed by atoms with Gasteiger partial charge in [-0.1, -0.05) is 13.0 Å². The van der Waals surface area contributed by atoms with Gasteiger partial charge in [-0.25, -0.2) is 0 Å². The molecule has 3 rings (SSSR count). The highest BCUT2D eigenvalue weighted by atomic mass is 16.7. The predicted molar refractivity (Wildman–Crippen MR) is 66.5 cm³/mol. The zero-order valence-corrected chi connectivity index (χ0v) is 10.7. The monoisotopic (exact) mass is 264 g/mol. The molecule has 2 aliphatic rings. The zero-order valence-electron chi connectivity index (χ0n) is 10.7. The number of rotatable bonds is 4. The summed E-state index contributed by atoms with van der Waals surface area (Å²) in [6.07, 6.45) is 0.577. The Hall–Kier alpha value is -1.75. The molecule has 2 aliphatic heterocycles. The van der Waals surface area contributed by atoms with Crippen LogP contribution in [0.4, 0.5) is 0 Å². The smallest absolute Gasteiger partial charge is 0.307 e. The normalized spacial score (nSPS) is 20.7. The van der Waals surface area contributed by atoms with E-state index in [0.29, 0.717) is 31.1 Å². The topological polar surface area (TPSA) is 65.0 Å². The van der Waals surface area contributed by atoms with Gasteiger partial charge in [0.2, 0.25) is 6.79 Å². The van der Waals surface area contributed by atoms with Gasteiger partial charge in [-0.2, -0.15) is 0 Å². The summed E-state index contributed by atoms with van der Waals surface area (Å²) < 4.78 is 16.0. The Morgan fingerprint density at radius 1 is 1.37 bits per heavy atom. The second kappa shape index (κ2) is 4.42. The molecule has 1 N–H and O–H groups in total. The van der Waals surface area contributed by atoms with Gasteiger partial charge < -0.3 is 19.3 Å². The van der Waals surface area contributed by atoms with Crippen molar-refractivity contribution in [1.29, 1.82) is 0 Å². The summed E-state index contributed by atoms with van der Waals surface area (Å²) in [5.41, 5.74) is 0.513. The molecule has 0 aliphatic carbocycles. The maximum atomic E-state index is 11.5. The van der Waals surface area contributed by atoms with E-state index in [4.69, 9.17) is 14.2 Å². The molecule has 19 heavy (non-hydrogen) atoms. The quantitative estimate of drug-likeness (QED) is 0.898. The van der Waals surface area contributed by atoms with Gasteiger partial charge in [-0.05, 0) is 24.1 Å². The number of hydrogen-bond donors (Lipinski definition) is 1. The van der Waals surface area contributed by atoms with Gasteiger partial charge in [0.1, 0.15) is 0 Å². The molecule has 1 saturated heterocycles. The van der Waals surface area contributed by atoms with Crippen LogP contribution >= 0.6 is 0 Å². The lowest BCUT2D eigenvalue weighted by Gasteiger charge is -2.45. The lowest BCUT2D eigenvalue weighted by atomic mass is 9.67. The van der Waals surface area contributed by atoms with Crippen LogP contribution in [0.5, 0.6) is 11.5 Å². The summed E-state index contributed by atoms with van der Waals surface area (Å²) in [6, 6.07) is 5.64. The second-order valence-corrected chi connectivity index (χ2v) is 5.02. The fourth-order valence-electron chi connectivity index (χ4n) is 2.90. The van der Waals surface area contributed by atoms with E-state index in [2.05, 4.69) is 0 Å². The van der Waals surface area contributed by atoms with Crippen molar-refractivity contribution in [1.82, 2.24) is 0 Å². The van der Waals surface area contributed by atoms with Crippen molar-refractivity contribution in [3.8, 4) is 11.5 Å². The van der Waals surface area contributed by atoms with Crippen LogP contribution in [0, 0.1) is 5.92 Å². The van der Waals surface area contributed by atoms with Crippen LogP contribution in [-0.4, -0.2) is 31.1 Å². The van der Waals surface area contributed by atoms with Gasteiger partial charge in [0.05, 0.1) is 24.5 Å². The molecule has 0 spiro atoms. The molecule has 0 amide bonds. The van der Waals surface area contributed by atoms with Gasteiger partial charge in [0, 0.05) is 0 Å². The van der Waals surface area contributed by atoms with Gasteiger partial charge in [0.15, 0.2) is 11.5 Å². The first-order chi connectivity index (χ1) is 9.17. The largest absolute Gasteiger partial charge is 0.481 e. The Bertz CT molecular complexity index is 507. The number of aliphatic carboxylic acids is 1. The molecule has 1 aromatic rings. The molecule has 1 unspecified atom stereocenters. The molecule has 0 aromatic heterocycles. The molecule has 0 bridgehead atoms. The molecular weight excluding hydrogens is 248 g/mol. The number of hydrogen-bond acceptors (Lipinski definition) is 4. The molecule has 0 saturated carbocycles. The Morgan fingerprint density at radius 2 is 2.11 bits per heavy atom. The average molecular weight is 264 g/mol. The van der Waals surface area contributed by atoms with E-state index in [0.717, 1.165) is 5.56 Å². The first kappa shape index (κ1) is 12.3. The number of benzene rings is 1. The third-order valence-electron chi connectivity index (χ3n) is 4.04. The van der Waals surface area contributed by atoms with E-state index < -0.39 is 17.3 Å². The van der Waals surface area contributed by atoms with E-state index in [9.17, 15) is 9.90 Å². The first-order valence-electron chi connectivity index (χ1n) is 6.38. The molecule has 102 valence electrons. The summed E-state index contributed by atoms with van der Waals surface area (Å²) in [5, 5.41) is 9.42. The number of carboxylic acid groups (broad SMARTS) is 1. The maximum absolute atomic E-state index is 11.5. The van der Waals surface area contributed by atoms with Crippen molar-refractivity contribution in [2.24, 2.45) is 5.92 Å². The van der Waals surface area contributed by atoms with Crippen molar-refractivity contribution in [2.45, 2.75) is 18.8 Å². The molecule has 1 fully saturated rings. The molecule has 5 nitrogen and oxygen atoms in total. The van der Waals surface area contributed by atoms with Gasteiger partial charge in [-0.3, -0.25) is 4.79 Å². The van der Waals surface area contributed by atoms with Gasteiger partial charge >= 0.3 is 5.97 Å². The highest BCUT2D eigenvalue weighted by Gasteiger charge is 2.50. The van der Waals surface area contributed by atoms with Gasteiger partial charge in [0.25, 0.3) is 0 Å². The molecule has 2 heterocycles. The second-order valence-electron chi connectivity index (χ2n) is 5.02. The molecule has 0 radical (unpaired) electrons. The number of carbonyl (C=O) groups is 1. The van der Waals surface area contributed by atoms with Crippen molar-refractivity contribution in [3.05, 3.63) is 23.8 Å². The zero-order chi connectivity index (χ0) is 13.5. The summed E-state index contributed by atoms with van der Waals surface area (Å²) in [4.78, 5) is 11.5. The maximum Gasteiger partial charge on any atom is 0.307 e. The van der Waals surface area contributed by atoms with E-state index in [1.165, 1.54) is 0 Å². The standard InChI is InChI=1S/C14H16O5/c1-2-10(13(15)16)14(6-17-7-14)9-3-4-11-12(5-9)19-8-18-11/h3-5,10H,2,6-8H2,1H3,(H,15,16). The van der Waals surface area contributed by atoms with Crippen LogP contribution < -0.4 is 9.47 Å². The van der Waals surface area contributed by atoms with Crippen molar-refractivity contribution >= 4 is 5.97 Å². The number of carboxylic acids is 1. The molecule has 1 atom stereocenters. The molecular formula is C14H16O5. The lowest BCUT2D eigenvalue weighted by molar-refractivity contribution is -0.157. The van der Waals surface area contributed by atoms with E-state index in [1.807, 2.05) is 25.1 Å². The van der Waals surface area contributed by atoms with Crippen molar-refractivity contribution in [3.63, 3.8) is 0 Å². The van der Waals surface area contributed by atoms with Crippen LogP contribution in [0.2, 0.25) is 0 Å². The fourth-order valence-corrected chi connectivity index (χ4v) is 2.90. The van der Waals surface area contributed by atoms with Crippen molar-refractivity contribution in [2.75, 3.05) is 20.0 Å². The van der Waals surface area contributed by atoms with Crippen LogP contribution in [-0.2, 0) is 14.9 Å². The average Bonchev–Trinajstić information content (AvgIpc) is 2.79. The minimum atomic E-state index is -0.775. The van der Waals surface area contributed by atoms with E-state index >= 15 is 0 Å². The summed E-state index contributed by atoms with van der Waals surface area (Å²) in [6.45, 7) is 3.00.